The molecule has 4 nitrogen and oxygen atoms in total. The molecule has 0 aromatic heterocycles. The number of phenols is 3. The highest BCUT2D eigenvalue weighted by molar-refractivity contribution is 5.66. The summed E-state index contributed by atoms with van der Waals surface area (Å²) in [6.45, 7) is 3.03. The maximum atomic E-state index is 9.74. The number of rotatable bonds is 18. The van der Waals surface area contributed by atoms with Crippen molar-refractivity contribution in [2.24, 2.45) is 0 Å². The summed E-state index contributed by atoms with van der Waals surface area (Å²) in [5.74, 6) is -1.04. The van der Waals surface area contributed by atoms with E-state index < -0.39 is 5.75 Å². The van der Waals surface area contributed by atoms with Crippen LogP contribution in [0.25, 0.3) is 0 Å². The highest BCUT2D eigenvalue weighted by Crippen LogP contribution is 2.39. The molecule has 4 N–H and O–H groups in total. The van der Waals surface area contributed by atoms with Crippen LogP contribution in [0.5, 0.6) is 17.2 Å². The first-order valence-corrected chi connectivity index (χ1v) is 11.6. The minimum Gasteiger partial charge on any atom is -0.504 e. The Kier molecular flexibility index (Phi) is 14.3. The van der Waals surface area contributed by atoms with Crippen molar-refractivity contribution < 1.29 is 15.3 Å². The average molecular weight is 394 g/mol. The molecule has 0 radical (unpaired) electrons. The number of unbranched alkanes of at least 4 members (excludes halogenated alkanes) is 15. The molecule has 0 atom stereocenters. The number of nitrogens with one attached hydrogen (secondary N) is 1. The van der Waals surface area contributed by atoms with E-state index in [1.54, 1.807) is 6.07 Å². The molecule has 1 rings (SSSR count). The van der Waals surface area contributed by atoms with Gasteiger partial charge in [-0.05, 0) is 18.6 Å². The van der Waals surface area contributed by atoms with Gasteiger partial charge in [0.15, 0.2) is 11.5 Å². The van der Waals surface area contributed by atoms with Crippen molar-refractivity contribution in [1.82, 2.24) is 0 Å². The number of hydrogen-bond acceptors (Lipinski definition) is 4. The molecule has 1 aromatic rings. The summed E-state index contributed by atoms with van der Waals surface area (Å²) in [4.78, 5) is 0. The molecular weight excluding hydrogens is 350 g/mol. The van der Waals surface area contributed by atoms with Crippen LogP contribution in [-0.4, -0.2) is 21.9 Å². The van der Waals surface area contributed by atoms with Gasteiger partial charge in [0, 0.05) is 6.54 Å². The Bertz CT molecular complexity index is 505. The van der Waals surface area contributed by atoms with E-state index >= 15 is 0 Å². The third-order valence-corrected chi connectivity index (χ3v) is 5.48. The van der Waals surface area contributed by atoms with Gasteiger partial charge < -0.3 is 20.6 Å². The van der Waals surface area contributed by atoms with Gasteiger partial charge in [-0.1, -0.05) is 103 Å². The van der Waals surface area contributed by atoms with Crippen LogP contribution in [-0.2, 0) is 0 Å². The van der Waals surface area contributed by atoms with Crippen LogP contribution >= 0.6 is 0 Å². The number of hydrogen-bond donors (Lipinski definition) is 4. The van der Waals surface area contributed by atoms with E-state index in [2.05, 4.69) is 12.2 Å². The van der Waals surface area contributed by atoms with Gasteiger partial charge in [0.1, 0.15) is 0 Å². The molecule has 0 saturated heterocycles. The minimum absolute atomic E-state index is 0.281. The monoisotopic (exact) mass is 393 g/mol. The van der Waals surface area contributed by atoms with Crippen LogP contribution in [0.15, 0.2) is 12.1 Å². The summed E-state index contributed by atoms with van der Waals surface area (Å²) < 4.78 is 0. The largest absolute Gasteiger partial charge is 0.504 e. The Morgan fingerprint density at radius 2 is 1.00 bits per heavy atom. The van der Waals surface area contributed by atoms with E-state index in [0.717, 1.165) is 13.0 Å². The zero-order valence-electron chi connectivity index (χ0n) is 18.0. The molecule has 0 aliphatic heterocycles. The molecule has 0 heterocycles. The number of benzene rings is 1. The first-order chi connectivity index (χ1) is 13.7. The Labute approximate surface area is 172 Å². The molecule has 4 heteroatoms. The Morgan fingerprint density at radius 1 is 0.571 bits per heavy atom. The molecule has 0 bridgehead atoms. The summed E-state index contributed by atoms with van der Waals surface area (Å²) in [6.07, 6.45) is 21.6. The fraction of sp³-hybridized carbons (Fsp3) is 0.750. The second-order valence-electron chi connectivity index (χ2n) is 8.06. The van der Waals surface area contributed by atoms with Crippen molar-refractivity contribution >= 4 is 5.69 Å². The maximum Gasteiger partial charge on any atom is 0.202 e. The van der Waals surface area contributed by atoms with E-state index in [9.17, 15) is 15.3 Å². The lowest BCUT2D eigenvalue weighted by Crippen LogP contribution is -2.01. The van der Waals surface area contributed by atoms with Gasteiger partial charge >= 0.3 is 0 Å². The molecule has 0 saturated carbocycles. The molecule has 0 fully saturated rings. The molecule has 0 aliphatic carbocycles. The average Bonchev–Trinajstić information content (AvgIpc) is 2.70. The number of anilines is 1. The molecule has 162 valence electrons. The lowest BCUT2D eigenvalue weighted by atomic mass is 10.0. The quantitative estimate of drug-likeness (QED) is 0.118. The van der Waals surface area contributed by atoms with Gasteiger partial charge in [0.2, 0.25) is 5.75 Å². The topological polar surface area (TPSA) is 72.7 Å². The molecule has 1 aromatic carbocycles. The fourth-order valence-electron chi connectivity index (χ4n) is 3.61. The summed E-state index contributed by atoms with van der Waals surface area (Å²) in [5.41, 5.74) is 0.469. The van der Waals surface area contributed by atoms with E-state index in [1.165, 1.54) is 102 Å². The standard InChI is InChI=1S/C24H43NO3/c1-2-3-4-5-6-7-8-9-10-11-12-13-14-15-16-17-20-25-21-18-19-22(26)24(28)23(21)27/h18-19,25-28H,2-17,20H2,1H3. The van der Waals surface area contributed by atoms with Gasteiger partial charge in [0.25, 0.3) is 0 Å². The summed E-state index contributed by atoms with van der Waals surface area (Å²) in [7, 11) is 0. The van der Waals surface area contributed by atoms with Crippen molar-refractivity contribution in [3.05, 3.63) is 12.1 Å². The second kappa shape index (κ2) is 16.4. The third-order valence-electron chi connectivity index (χ3n) is 5.48. The van der Waals surface area contributed by atoms with Crippen LogP contribution in [0.3, 0.4) is 0 Å². The van der Waals surface area contributed by atoms with Crippen LogP contribution in [0, 0.1) is 0 Å². The predicted molar refractivity (Wildman–Crippen MR) is 119 cm³/mol. The van der Waals surface area contributed by atoms with Crippen LogP contribution < -0.4 is 5.32 Å². The van der Waals surface area contributed by atoms with Crippen LogP contribution in [0.1, 0.15) is 110 Å². The SMILES string of the molecule is CCCCCCCCCCCCCCCCCCNc1ccc(O)c(O)c1O. The normalized spacial score (nSPS) is 11.0. The second-order valence-corrected chi connectivity index (χ2v) is 8.06. The van der Waals surface area contributed by atoms with E-state index in [0.29, 0.717) is 5.69 Å². The van der Waals surface area contributed by atoms with Crippen molar-refractivity contribution in [3.63, 3.8) is 0 Å². The van der Waals surface area contributed by atoms with Gasteiger partial charge in [0.05, 0.1) is 5.69 Å². The molecule has 28 heavy (non-hydrogen) atoms. The molecule has 0 unspecified atom stereocenters. The van der Waals surface area contributed by atoms with Crippen LogP contribution in [0.4, 0.5) is 5.69 Å². The molecule has 0 amide bonds. The molecular formula is C24H43NO3. The summed E-state index contributed by atoms with van der Waals surface area (Å²) >= 11 is 0. The van der Waals surface area contributed by atoms with Crippen molar-refractivity contribution in [2.75, 3.05) is 11.9 Å². The van der Waals surface area contributed by atoms with E-state index in [4.69, 9.17) is 0 Å². The summed E-state index contributed by atoms with van der Waals surface area (Å²) in [5, 5.41) is 31.6. The highest BCUT2D eigenvalue weighted by atomic mass is 16.3. The Balaban J connectivity index is 1.83. The van der Waals surface area contributed by atoms with E-state index in [1.807, 2.05) is 0 Å². The van der Waals surface area contributed by atoms with Crippen molar-refractivity contribution in [1.29, 1.82) is 0 Å². The molecule has 0 spiro atoms. The fourth-order valence-corrected chi connectivity index (χ4v) is 3.61. The van der Waals surface area contributed by atoms with E-state index in [-0.39, 0.29) is 11.5 Å². The van der Waals surface area contributed by atoms with Gasteiger partial charge in [-0.3, -0.25) is 0 Å². The first kappa shape index (κ1) is 24.5. The third kappa shape index (κ3) is 11.3. The lowest BCUT2D eigenvalue weighted by molar-refractivity contribution is 0.369. The van der Waals surface area contributed by atoms with Crippen molar-refractivity contribution in [2.45, 2.75) is 110 Å². The Hall–Kier alpha value is -1.58. The highest BCUT2D eigenvalue weighted by Gasteiger charge is 2.10. The number of aromatic hydroxyl groups is 3. The molecule has 0 aliphatic rings. The van der Waals surface area contributed by atoms with Gasteiger partial charge in [-0.2, -0.15) is 0 Å². The first-order valence-electron chi connectivity index (χ1n) is 11.6. The number of phenolic OH excluding ortho intramolecular Hbond substituents is 3. The maximum absolute atomic E-state index is 9.74. The van der Waals surface area contributed by atoms with Crippen LogP contribution in [0.2, 0.25) is 0 Å². The summed E-state index contributed by atoms with van der Waals surface area (Å²) in [6, 6.07) is 2.96. The zero-order chi connectivity index (χ0) is 20.5. The predicted octanol–water partition coefficient (Wildman–Crippen LogP) is 7.48. The minimum atomic E-state index is -0.461. The van der Waals surface area contributed by atoms with Gasteiger partial charge in [-0.15, -0.1) is 0 Å². The zero-order valence-corrected chi connectivity index (χ0v) is 18.0. The van der Waals surface area contributed by atoms with Crippen molar-refractivity contribution in [3.8, 4) is 17.2 Å². The van der Waals surface area contributed by atoms with Gasteiger partial charge in [-0.25, -0.2) is 0 Å². The smallest absolute Gasteiger partial charge is 0.202 e. The lowest BCUT2D eigenvalue weighted by Gasteiger charge is -2.10. The Morgan fingerprint density at radius 3 is 1.46 bits per heavy atom.